The Labute approximate surface area is 193 Å². The minimum absolute atomic E-state index is 0.0645. The van der Waals surface area contributed by atoms with Crippen LogP contribution in [0.25, 0.3) is 0 Å². The number of benzene rings is 1. The summed E-state index contributed by atoms with van der Waals surface area (Å²) in [5.74, 6) is 4.00. The first-order chi connectivity index (χ1) is 14.9. The van der Waals surface area contributed by atoms with Gasteiger partial charge in [0.25, 0.3) is 0 Å². The molecule has 1 unspecified atom stereocenters. The third-order valence-corrected chi connectivity index (χ3v) is 8.57. The van der Waals surface area contributed by atoms with Crippen LogP contribution in [0.1, 0.15) is 49.7 Å². The van der Waals surface area contributed by atoms with E-state index in [0.29, 0.717) is 17.3 Å². The number of halogens is 3. The summed E-state index contributed by atoms with van der Waals surface area (Å²) in [4.78, 5) is 15.7. The average molecular weight is 527 g/mol. The lowest BCUT2D eigenvalue weighted by Crippen LogP contribution is -2.33. The zero-order chi connectivity index (χ0) is 23.7. The van der Waals surface area contributed by atoms with Crippen LogP contribution in [0.4, 0.5) is 13.6 Å². The number of carbonyl (C=O) groups is 1. The van der Waals surface area contributed by atoms with Gasteiger partial charge >= 0.3 is 6.09 Å². The Hall–Kier alpha value is -2.51. The van der Waals surface area contributed by atoms with Crippen molar-refractivity contribution in [1.82, 2.24) is 10.3 Å². The molecule has 0 aliphatic heterocycles. The molecule has 0 bridgehead atoms. The molecule has 0 spiro atoms. The Morgan fingerprint density at radius 1 is 1.28 bits per heavy atom. The second-order valence-corrected chi connectivity index (χ2v) is 11.7. The van der Waals surface area contributed by atoms with Gasteiger partial charge in [-0.25, -0.2) is 27.0 Å². The normalized spacial score (nSPS) is 14.9. The van der Waals surface area contributed by atoms with Gasteiger partial charge in [0, 0.05) is 10.5 Å². The van der Waals surface area contributed by atoms with E-state index in [2.05, 4.69) is 38.1 Å². The van der Waals surface area contributed by atoms with E-state index in [1.165, 1.54) is 0 Å². The van der Waals surface area contributed by atoms with Crippen LogP contribution in [0.3, 0.4) is 0 Å². The lowest BCUT2D eigenvalue weighted by Gasteiger charge is -2.19. The van der Waals surface area contributed by atoms with Crippen LogP contribution in [0, 0.1) is 23.5 Å². The van der Waals surface area contributed by atoms with Crippen molar-refractivity contribution in [3.05, 3.63) is 63.4 Å². The SMILES string of the molecule is CC(C)(C#Cc1ccc(Br)c(C(Cc2cc(F)cc(F)c2)NC(=O)O)n1)S(=O)(=O)C1CC1. The van der Waals surface area contributed by atoms with E-state index >= 15 is 0 Å². The first kappa shape index (κ1) is 24.1. The molecule has 0 saturated heterocycles. The third-order valence-electron chi connectivity index (χ3n) is 5.03. The molecule has 6 nitrogen and oxygen atoms in total. The topological polar surface area (TPSA) is 96.4 Å². The third kappa shape index (κ3) is 5.64. The van der Waals surface area contributed by atoms with Gasteiger partial charge in [0.05, 0.1) is 17.0 Å². The fourth-order valence-electron chi connectivity index (χ4n) is 3.18. The van der Waals surface area contributed by atoms with Crippen LogP contribution >= 0.6 is 15.9 Å². The molecule has 1 atom stereocenters. The van der Waals surface area contributed by atoms with Crippen molar-refractivity contribution in [3.63, 3.8) is 0 Å². The number of sulfone groups is 1. The van der Waals surface area contributed by atoms with Gasteiger partial charge in [0.2, 0.25) is 0 Å². The largest absolute Gasteiger partial charge is 0.465 e. The van der Waals surface area contributed by atoms with Crippen LogP contribution < -0.4 is 5.32 Å². The first-order valence-electron chi connectivity index (χ1n) is 9.76. The number of pyridine rings is 1. The molecule has 2 N–H and O–H groups in total. The summed E-state index contributed by atoms with van der Waals surface area (Å²) in [6.07, 6.45) is -0.131. The second-order valence-electron chi connectivity index (χ2n) is 8.05. The van der Waals surface area contributed by atoms with E-state index in [0.717, 1.165) is 18.2 Å². The summed E-state index contributed by atoms with van der Waals surface area (Å²) in [5.41, 5.74) is 0.736. The van der Waals surface area contributed by atoms with Gasteiger partial charge in [-0.1, -0.05) is 5.92 Å². The molecular weight excluding hydrogens is 506 g/mol. The van der Waals surface area contributed by atoms with Crippen LogP contribution in [0.5, 0.6) is 0 Å². The number of hydrogen-bond acceptors (Lipinski definition) is 4. The monoisotopic (exact) mass is 526 g/mol. The summed E-state index contributed by atoms with van der Waals surface area (Å²) < 4.78 is 51.5. The standard InChI is InChI=1S/C22H21BrF2N2O4S/c1-22(2,32(30,31)17-4-5-17)8-7-16-3-6-18(23)20(26-16)19(27-21(28)29)11-13-9-14(24)12-15(25)10-13/h3,6,9-10,12,17,19,27H,4-5,11H2,1-2H3,(H,28,29). The zero-order valence-electron chi connectivity index (χ0n) is 17.3. The van der Waals surface area contributed by atoms with Crippen molar-refractivity contribution in [2.75, 3.05) is 0 Å². The highest BCUT2D eigenvalue weighted by Crippen LogP contribution is 2.35. The van der Waals surface area contributed by atoms with Gasteiger partial charge < -0.3 is 10.4 Å². The molecule has 1 saturated carbocycles. The highest BCUT2D eigenvalue weighted by atomic mass is 79.9. The Bertz CT molecular complexity index is 1200. The van der Waals surface area contributed by atoms with Gasteiger partial charge in [-0.15, -0.1) is 0 Å². The molecule has 10 heteroatoms. The minimum atomic E-state index is -3.41. The van der Waals surface area contributed by atoms with Crippen molar-refractivity contribution in [1.29, 1.82) is 0 Å². The van der Waals surface area contributed by atoms with E-state index in [9.17, 15) is 27.1 Å². The highest BCUT2D eigenvalue weighted by Gasteiger charge is 2.45. The van der Waals surface area contributed by atoms with Gasteiger partial charge in [0.15, 0.2) is 9.84 Å². The molecule has 1 aromatic carbocycles. The summed E-state index contributed by atoms with van der Waals surface area (Å²) in [6, 6.07) is 5.20. The van der Waals surface area contributed by atoms with Crippen molar-refractivity contribution in [2.45, 2.75) is 49.1 Å². The van der Waals surface area contributed by atoms with Crippen molar-refractivity contribution in [3.8, 4) is 11.8 Å². The maximum Gasteiger partial charge on any atom is 0.405 e. The number of amides is 1. The molecule has 1 aliphatic rings. The Morgan fingerprint density at radius 3 is 2.47 bits per heavy atom. The molecule has 0 radical (unpaired) electrons. The number of carboxylic acid groups (broad SMARTS) is 1. The van der Waals surface area contributed by atoms with Crippen LogP contribution in [-0.4, -0.2) is 34.6 Å². The zero-order valence-corrected chi connectivity index (χ0v) is 19.7. The number of aromatic nitrogens is 1. The first-order valence-corrected chi connectivity index (χ1v) is 12.1. The maximum atomic E-state index is 13.6. The van der Waals surface area contributed by atoms with Crippen molar-refractivity contribution < 1.29 is 27.1 Å². The fourth-order valence-corrected chi connectivity index (χ4v) is 5.46. The van der Waals surface area contributed by atoms with Gasteiger partial charge in [-0.05, 0) is 84.8 Å². The smallest absolute Gasteiger partial charge is 0.405 e. The Balaban J connectivity index is 1.95. The lowest BCUT2D eigenvalue weighted by atomic mass is 10.0. The molecule has 3 rings (SSSR count). The Morgan fingerprint density at radius 2 is 1.91 bits per heavy atom. The molecular formula is C22H21BrF2N2O4S. The fraction of sp³-hybridized carbons (Fsp3) is 0.364. The molecule has 2 aromatic rings. The van der Waals surface area contributed by atoms with E-state index in [4.69, 9.17) is 0 Å². The van der Waals surface area contributed by atoms with E-state index in [1.807, 2.05) is 0 Å². The van der Waals surface area contributed by atoms with Gasteiger partial charge in [0.1, 0.15) is 22.1 Å². The van der Waals surface area contributed by atoms with E-state index in [1.54, 1.807) is 26.0 Å². The second kappa shape index (κ2) is 9.16. The molecule has 170 valence electrons. The molecule has 1 heterocycles. The highest BCUT2D eigenvalue weighted by molar-refractivity contribution is 9.10. The van der Waals surface area contributed by atoms with E-state index < -0.39 is 38.4 Å². The molecule has 32 heavy (non-hydrogen) atoms. The van der Waals surface area contributed by atoms with Crippen molar-refractivity contribution >= 4 is 31.9 Å². The molecule has 1 aromatic heterocycles. The molecule has 1 aliphatic carbocycles. The maximum absolute atomic E-state index is 13.6. The number of hydrogen-bond donors (Lipinski definition) is 2. The predicted octanol–water partition coefficient (Wildman–Crippen LogP) is 4.38. The number of rotatable bonds is 6. The van der Waals surface area contributed by atoms with Crippen molar-refractivity contribution in [2.24, 2.45) is 0 Å². The number of nitrogens with one attached hydrogen (secondary N) is 1. The summed E-state index contributed by atoms with van der Waals surface area (Å²) in [5, 5.41) is 11.2. The summed E-state index contributed by atoms with van der Waals surface area (Å²) in [6.45, 7) is 3.08. The van der Waals surface area contributed by atoms with E-state index in [-0.39, 0.29) is 28.6 Å². The minimum Gasteiger partial charge on any atom is -0.465 e. The average Bonchev–Trinajstić information content (AvgIpc) is 3.51. The quantitative estimate of drug-likeness (QED) is 0.544. The van der Waals surface area contributed by atoms with Gasteiger partial charge in [-0.3, -0.25) is 0 Å². The van der Waals surface area contributed by atoms with Gasteiger partial charge in [-0.2, -0.15) is 0 Å². The lowest BCUT2D eigenvalue weighted by molar-refractivity contribution is 0.189. The Kier molecular flexibility index (Phi) is 6.91. The summed E-state index contributed by atoms with van der Waals surface area (Å²) in [7, 11) is -3.41. The van der Waals surface area contributed by atoms with Crippen LogP contribution in [0.15, 0.2) is 34.8 Å². The molecule has 1 amide bonds. The predicted molar refractivity (Wildman–Crippen MR) is 119 cm³/mol. The number of nitrogens with zero attached hydrogens (tertiary/aromatic N) is 1. The molecule has 1 fully saturated rings. The van der Waals surface area contributed by atoms with Crippen LogP contribution in [-0.2, 0) is 16.3 Å². The summed E-state index contributed by atoms with van der Waals surface area (Å²) >= 11 is 3.33. The van der Waals surface area contributed by atoms with Crippen LogP contribution in [0.2, 0.25) is 0 Å².